The van der Waals surface area contributed by atoms with Crippen molar-refractivity contribution < 1.29 is 4.42 Å². The standard InChI is InChI=1S/C32H27N3O/c1-32(17-7-8-21(19-32)20-34-33)35-28-13-4-2-9-24(28)27-18-22(15-16-29(27)35)23-11-6-12-26-25-10-3-5-14-30(25)36-31(23)26/h2-16,18-19,34H,17,20,33H2,1H3. The molecule has 1 aliphatic carbocycles. The second-order valence-corrected chi connectivity index (χ2v) is 9.93. The Hall–Kier alpha value is -4.12. The molecule has 4 nitrogen and oxygen atoms in total. The van der Waals surface area contributed by atoms with Crippen molar-refractivity contribution in [1.29, 1.82) is 0 Å². The molecule has 176 valence electrons. The number of hydrazine groups is 1. The van der Waals surface area contributed by atoms with Gasteiger partial charge in [-0.05, 0) is 48.7 Å². The normalized spacial score (nSPS) is 18.0. The SMILES string of the molecule is CC1(n2c3ccccc3c3cc(-c4cccc5c4oc4ccccc45)ccc32)C=C(CNN)C=CC1. The van der Waals surface area contributed by atoms with Crippen LogP contribution in [0, 0.1) is 0 Å². The zero-order chi connectivity index (χ0) is 24.3. The summed E-state index contributed by atoms with van der Waals surface area (Å²) in [6.07, 6.45) is 7.70. The molecule has 0 saturated heterocycles. The number of benzene rings is 4. The highest BCUT2D eigenvalue weighted by Gasteiger charge is 2.29. The van der Waals surface area contributed by atoms with Gasteiger partial charge in [0.2, 0.25) is 0 Å². The summed E-state index contributed by atoms with van der Waals surface area (Å²) in [5.41, 5.74) is 10.4. The first-order chi connectivity index (χ1) is 17.7. The third-order valence-corrected chi connectivity index (χ3v) is 7.56. The summed E-state index contributed by atoms with van der Waals surface area (Å²) in [5.74, 6) is 5.64. The van der Waals surface area contributed by atoms with E-state index in [2.05, 4.69) is 108 Å². The van der Waals surface area contributed by atoms with E-state index in [9.17, 15) is 0 Å². The second kappa shape index (κ2) is 7.95. The van der Waals surface area contributed by atoms with E-state index in [-0.39, 0.29) is 5.54 Å². The number of hydrogen-bond donors (Lipinski definition) is 2. The minimum absolute atomic E-state index is 0.192. The number of fused-ring (bicyclic) bond motifs is 6. The van der Waals surface area contributed by atoms with Crippen molar-refractivity contribution in [3.63, 3.8) is 0 Å². The third-order valence-electron chi connectivity index (χ3n) is 7.56. The maximum atomic E-state index is 6.35. The van der Waals surface area contributed by atoms with Crippen LogP contribution in [0.15, 0.2) is 113 Å². The Balaban J connectivity index is 1.47. The lowest BCUT2D eigenvalue weighted by Crippen LogP contribution is -2.31. The lowest BCUT2D eigenvalue weighted by atomic mass is 9.89. The van der Waals surface area contributed by atoms with Gasteiger partial charge in [-0.15, -0.1) is 0 Å². The summed E-state index contributed by atoms with van der Waals surface area (Å²) in [4.78, 5) is 0. The molecule has 4 heteroatoms. The fourth-order valence-corrected chi connectivity index (χ4v) is 6.00. The Morgan fingerprint density at radius 1 is 0.861 bits per heavy atom. The van der Waals surface area contributed by atoms with E-state index in [0.29, 0.717) is 6.54 Å². The maximum absolute atomic E-state index is 6.35. The van der Waals surface area contributed by atoms with Gasteiger partial charge in [-0.3, -0.25) is 11.3 Å². The van der Waals surface area contributed by atoms with Gasteiger partial charge < -0.3 is 8.98 Å². The van der Waals surface area contributed by atoms with Crippen molar-refractivity contribution in [2.75, 3.05) is 6.54 Å². The Bertz CT molecular complexity index is 1850. The summed E-state index contributed by atoms with van der Waals surface area (Å²) >= 11 is 0. The summed E-state index contributed by atoms with van der Waals surface area (Å²) in [5, 5.41) is 4.81. The van der Waals surface area contributed by atoms with Crippen LogP contribution in [0.5, 0.6) is 0 Å². The molecule has 0 saturated carbocycles. The summed E-state index contributed by atoms with van der Waals surface area (Å²) < 4.78 is 8.84. The van der Waals surface area contributed by atoms with Crippen LogP contribution in [0.1, 0.15) is 13.3 Å². The minimum Gasteiger partial charge on any atom is -0.455 e. The van der Waals surface area contributed by atoms with E-state index in [0.717, 1.165) is 39.5 Å². The first-order valence-corrected chi connectivity index (χ1v) is 12.4. The molecule has 3 N–H and O–H groups in total. The number of nitrogens with zero attached hydrogens (tertiary/aromatic N) is 1. The Kier molecular flexibility index (Phi) is 4.68. The molecule has 0 spiro atoms. The molecule has 0 radical (unpaired) electrons. The molecule has 7 rings (SSSR count). The molecular formula is C32H27N3O. The minimum atomic E-state index is -0.192. The van der Waals surface area contributed by atoms with E-state index in [1.807, 2.05) is 12.1 Å². The lowest BCUT2D eigenvalue weighted by Gasteiger charge is -2.32. The van der Waals surface area contributed by atoms with E-state index < -0.39 is 0 Å². The van der Waals surface area contributed by atoms with Crippen LogP contribution in [0.3, 0.4) is 0 Å². The van der Waals surface area contributed by atoms with Crippen LogP contribution in [0.2, 0.25) is 0 Å². The lowest BCUT2D eigenvalue weighted by molar-refractivity contribution is 0.433. The molecule has 4 aromatic carbocycles. The van der Waals surface area contributed by atoms with Gasteiger partial charge in [0.1, 0.15) is 11.2 Å². The van der Waals surface area contributed by atoms with Crippen LogP contribution in [-0.4, -0.2) is 11.1 Å². The maximum Gasteiger partial charge on any atom is 0.143 e. The predicted octanol–water partition coefficient (Wildman–Crippen LogP) is 7.43. The fourth-order valence-electron chi connectivity index (χ4n) is 6.00. The van der Waals surface area contributed by atoms with Crippen molar-refractivity contribution in [3.8, 4) is 11.1 Å². The van der Waals surface area contributed by atoms with Crippen LogP contribution in [0.25, 0.3) is 54.9 Å². The molecule has 36 heavy (non-hydrogen) atoms. The van der Waals surface area contributed by atoms with Gasteiger partial charge in [0.05, 0.1) is 5.54 Å². The average molecular weight is 470 g/mol. The largest absolute Gasteiger partial charge is 0.455 e. The average Bonchev–Trinajstić information content (AvgIpc) is 3.45. The molecule has 2 heterocycles. The van der Waals surface area contributed by atoms with Crippen LogP contribution in [0.4, 0.5) is 0 Å². The van der Waals surface area contributed by atoms with E-state index in [1.54, 1.807) is 0 Å². The summed E-state index contributed by atoms with van der Waals surface area (Å²) in [7, 11) is 0. The number of allylic oxidation sites excluding steroid dienone is 2. The zero-order valence-corrected chi connectivity index (χ0v) is 20.2. The number of nitrogens with one attached hydrogen (secondary N) is 1. The smallest absolute Gasteiger partial charge is 0.143 e. The van der Waals surface area contributed by atoms with Crippen LogP contribution < -0.4 is 11.3 Å². The summed E-state index contributed by atoms with van der Waals surface area (Å²) in [6, 6.07) is 30.2. The summed E-state index contributed by atoms with van der Waals surface area (Å²) in [6.45, 7) is 2.96. The molecule has 1 atom stereocenters. The number of rotatable bonds is 4. The van der Waals surface area contributed by atoms with Crippen molar-refractivity contribution in [3.05, 3.63) is 109 Å². The number of aromatic nitrogens is 1. The molecule has 0 bridgehead atoms. The molecule has 2 aromatic heterocycles. The second-order valence-electron chi connectivity index (χ2n) is 9.93. The molecule has 1 unspecified atom stereocenters. The van der Waals surface area contributed by atoms with Gasteiger partial charge in [-0.25, -0.2) is 0 Å². The first kappa shape index (κ1) is 21.2. The predicted molar refractivity (Wildman–Crippen MR) is 150 cm³/mol. The van der Waals surface area contributed by atoms with Crippen molar-refractivity contribution in [1.82, 2.24) is 9.99 Å². The molecule has 1 aliphatic rings. The quantitative estimate of drug-likeness (QED) is 0.209. The number of hydrogen-bond acceptors (Lipinski definition) is 3. The molecule has 0 aliphatic heterocycles. The monoisotopic (exact) mass is 469 g/mol. The highest BCUT2D eigenvalue weighted by molar-refractivity contribution is 6.12. The molecular weight excluding hydrogens is 442 g/mol. The highest BCUT2D eigenvalue weighted by atomic mass is 16.3. The Morgan fingerprint density at radius 3 is 2.53 bits per heavy atom. The first-order valence-electron chi connectivity index (χ1n) is 12.4. The molecule has 0 amide bonds. The van der Waals surface area contributed by atoms with Gasteiger partial charge in [0, 0.05) is 44.7 Å². The van der Waals surface area contributed by atoms with Crippen LogP contribution >= 0.6 is 0 Å². The Morgan fingerprint density at radius 2 is 1.64 bits per heavy atom. The third kappa shape index (κ3) is 3.08. The Labute approximate surface area is 209 Å². The topological polar surface area (TPSA) is 56.1 Å². The number of nitrogens with two attached hydrogens (primary N) is 1. The van der Waals surface area contributed by atoms with E-state index >= 15 is 0 Å². The number of furan rings is 1. The fraction of sp³-hybridized carbons (Fsp3) is 0.125. The van der Waals surface area contributed by atoms with Gasteiger partial charge in [-0.1, -0.05) is 78.9 Å². The zero-order valence-electron chi connectivity index (χ0n) is 20.2. The number of para-hydroxylation sites is 3. The van der Waals surface area contributed by atoms with Crippen molar-refractivity contribution in [2.24, 2.45) is 5.84 Å². The van der Waals surface area contributed by atoms with E-state index in [1.165, 1.54) is 27.4 Å². The highest BCUT2D eigenvalue weighted by Crippen LogP contribution is 2.41. The van der Waals surface area contributed by atoms with E-state index in [4.69, 9.17) is 10.3 Å². The van der Waals surface area contributed by atoms with Crippen molar-refractivity contribution in [2.45, 2.75) is 18.9 Å². The molecule has 0 fully saturated rings. The van der Waals surface area contributed by atoms with Gasteiger partial charge in [0.25, 0.3) is 0 Å². The van der Waals surface area contributed by atoms with Gasteiger partial charge >= 0.3 is 0 Å². The molecule has 6 aromatic rings. The van der Waals surface area contributed by atoms with Crippen LogP contribution in [-0.2, 0) is 5.54 Å². The van der Waals surface area contributed by atoms with Crippen molar-refractivity contribution >= 4 is 43.7 Å². The van der Waals surface area contributed by atoms with Gasteiger partial charge in [0.15, 0.2) is 0 Å². The van der Waals surface area contributed by atoms with Gasteiger partial charge in [-0.2, -0.15) is 0 Å².